The van der Waals surface area contributed by atoms with Gasteiger partial charge in [-0.2, -0.15) is 13.2 Å². The van der Waals surface area contributed by atoms with Gasteiger partial charge in [-0.05, 0) is 17.7 Å². The molecule has 102 valence electrons. The number of aromatic amines is 1. The van der Waals surface area contributed by atoms with Crippen LogP contribution in [0.4, 0.5) is 13.2 Å². The van der Waals surface area contributed by atoms with Crippen LogP contribution in [-0.4, -0.2) is 15.2 Å². The fourth-order valence-electron chi connectivity index (χ4n) is 2.09. The van der Waals surface area contributed by atoms with Crippen molar-refractivity contribution in [2.45, 2.75) is 6.18 Å². The molecule has 0 atom stereocenters. The molecule has 0 spiro atoms. The Labute approximate surface area is 116 Å². The van der Waals surface area contributed by atoms with Gasteiger partial charge in [-0.15, -0.1) is 10.2 Å². The monoisotopic (exact) mass is 297 g/mol. The molecule has 0 aliphatic rings. The molecule has 0 bridgehead atoms. The number of nitrogens with zero attached hydrogens (tertiary/aromatic N) is 2. The van der Waals surface area contributed by atoms with E-state index in [1.807, 2.05) is 0 Å². The van der Waals surface area contributed by atoms with Gasteiger partial charge in [0.2, 0.25) is 0 Å². The van der Waals surface area contributed by atoms with Gasteiger partial charge in [0.05, 0.1) is 5.56 Å². The highest BCUT2D eigenvalue weighted by molar-refractivity contribution is 6.30. The number of rotatable bonds is 1. The van der Waals surface area contributed by atoms with Gasteiger partial charge in [0.15, 0.2) is 10.8 Å². The highest BCUT2D eigenvalue weighted by atomic mass is 35.5. The molecule has 0 saturated heterocycles. The van der Waals surface area contributed by atoms with Crippen LogP contribution in [-0.2, 0) is 6.18 Å². The molecule has 2 aromatic heterocycles. The smallest absolute Gasteiger partial charge is 0.344 e. The predicted molar refractivity (Wildman–Crippen MR) is 69.3 cm³/mol. The molecule has 20 heavy (non-hydrogen) atoms. The van der Waals surface area contributed by atoms with Crippen LogP contribution in [0.1, 0.15) is 5.56 Å². The number of hydrogen-bond acceptors (Lipinski definition) is 2. The van der Waals surface area contributed by atoms with E-state index in [9.17, 15) is 13.2 Å². The van der Waals surface area contributed by atoms with Gasteiger partial charge in [0, 0.05) is 17.1 Å². The molecule has 2 heterocycles. The Kier molecular flexibility index (Phi) is 2.90. The fourth-order valence-corrected chi connectivity index (χ4v) is 2.23. The van der Waals surface area contributed by atoms with Gasteiger partial charge in [0.1, 0.15) is 0 Å². The molecule has 0 radical (unpaired) electrons. The third kappa shape index (κ3) is 2.12. The second-order valence-corrected chi connectivity index (χ2v) is 4.56. The molecule has 0 saturated carbocycles. The number of alkyl halides is 3. The van der Waals surface area contributed by atoms with E-state index in [2.05, 4.69) is 15.2 Å². The van der Waals surface area contributed by atoms with Crippen molar-refractivity contribution in [3.63, 3.8) is 0 Å². The molecule has 3 rings (SSSR count). The zero-order chi connectivity index (χ0) is 14.3. The van der Waals surface area contributed by atoms with Crippen LogP contribution in [0.25, 0.3) is 22.2 Å². The number of nitrogens with one attached hydrogen (secondary N) is 1. The molecule has 0 amide bonds. The Morgan fingerprint density at radius 3 is 2.55 bits per heavy atom. The summed E-state index contributed by atoms with van der Waals surface area (Å²) in [5.74, 6) is 0. The third-order valence-electron chi connectivity index (χ3n) is 2.93. The average molecular weight is 298 g/mol. The molecule has 0 aliphatic carbocycles. The maximum absolute atomic E-state index is 13.1. The molecule has 3 aromatic rings. The first-order valence-electron chi connectivity index (χ1n) is 5.64. The van der Waals surface area contributed by atoms with E-state index in [0.29, 0.717) is 16.6 Å². The van der Waals surface area contributed by atoms with Gasteiger partial charge in [-0.25, -0.2) is 0 Å². The largest absolute Gasteiger partial charge is 0.417 e. The summed E-state index contributed by atoms with van der Waals surface area (Å²) in [6.07, 6.45) is -2.95. The molecular weight excluding hydrogens is 291 g/mol. The SMILES string of the molecule is FC(F)(F)c1ccccc1-c1c[nH]c2nnc(Cl)cc12. The molecule has 0 fully saturated rings. The highest BCUT2D eigenvalue weighted by Crippen LogP contribution is 2.39. The van der Waals surface area contributed by atoms with Gasteiger partial charge in [-0.3, -0.25) is 0 Å². The van der Waals surface area contributed by atoms with E-state index < -0.39 is 11.7 Å². The van der Waals surface area contributed by atoms with Gasteiger partial charge >= 0.3 is 6.18 Å². The first-order chi connectivity index (χ1) is 9.47. The lowest BCUT2D eigenvalue weighted by molar-refractivity contribution is -0.137. The Bertz CT molecular complexity index is 780. The number of H-pyrrole nitrogens is 1. The minimum Gasteiger partial charge on any atom is -0.344 e. The number of halogens is 4. The molecule has 1 aromatic carbocycles. The summed E-state index contributed by atoms with van der Waals surface area (Å²) in [5.41, 5.74) is 0.162. The summed E-state index contributed by atoms with van der Waals surface area (Å²) in [4.78, 5) is 2.79. The van der Waals surface area contributed by atoms with E-state index in [-0.39, 0.29) is 10.7 Å². The second-order valence-electron chi connectivity index (χ2n) is 4.18. The molecule has 0 aliphatic heterocycles. The summed E-state index contributed by atoms with van der Waals surface area (Å²) >= 11 is 5.75. The van der Waals surface area contributed by atoms with Crippen LogP contribution in [0, 0.1) is 0 Å². The lowest BCUT2D eigenvalue weighted by Gasteiger charge is -2.11. The van der Waals surface area contributed by atoms with Crippen LogP contribution in [0.5, 0.6) is 0 Å². The Morgan fingerprint density at radius 1 is 1.05 bits per heavy atom. The van der Waals surface area contributed by atoms with Crippen LogP contribution < -0.4 is 0 Å². The molecular formula is C13H7ClF3N3. The van der Waals surface area contributed by atoms with Crippen molar-refractivity contribution in [2.75, 3.05) is 0 Å². The summed E-state index contributed by atoms with van der Waals surface area (Å²) < 4.78 is 39.2. The van der Waals surface area contributed by atoms with Crippen molar-refractivity contribution in [3.05, 3.63) is 47.2 Å². The van der Waals surface area contributed by atoms with Crippen LogP contribution >= 0.6 is 11.6 Å². The topological polar surface area (TPSA) is 41.6 Å². The van der Waals surface area contributed by atoms with Gasteiger partial charge in [0.25, 0.3) is 0 Å². The molecule has 0 unspecified atom stereocenters. The second kappa shape index (κ2) is 4.49. The lowest BCUT2D eigenvalue weighted by atomic mass is 10.00. The standard InChI is InChI=1S/C13H7ClF3N3/c14-11-5-8-9(6-18-12(8)20-19-11)7-3-1-2-4-10(7)13(15,16)17/h1-6H,(H,18,20). The number of fused-ring (bicyclic) bond motifs is 1. The summed E-state index contributed by atoms with van der Waals surface area (Å²) in [7, 11) is 0. The molecule has 1 N–H and O–H groups in total. The lowest BCUT2D eigenvalue weighted by Crippen LogP contribution is -2.06. The van der Waals surface area contributed by atoms with Crippen LogP contribution in [0.3, 0.4) is 0 Å². The van der Waals surface area contributed by atoms with E-state index >= 15 is 0 Å². The number of hydrogen-bond donors (Lipinski definition) is 1. The highest BCUT2D eigenvalue weighted by Gasteiger charge is 2.33. The van der Waals surface area contributed by atoms with Crippen molar-refractivity contribution < 1.29 is 13.2 Å². The zero-order valence-corrected chi connectivity index (χ0v) is 10.6. The average Bonchev–Trinajstić information content (AvgIpc) is 2.80. The van der Waals surface area contributed by atoms with Gasteiger partial charge in [-0.1, -0.05) is 29.8 Å². The fraction of sp³-hybridized carbons (Fsp3) is 0.0769. The van der Waals surface area contributed by atoms with Crippen molar-refractivity contribution in [2.24, 2.45) is 0 Å². The zero-order valence-electron chi connectivity index (χ0n) is 9.87. The van der Waals surface area contributed by atoms with Crippen LogP contribution in [0.15, 0.2) is 36.5 Å². The summed E-state index contributed by atoms with van der Waals surface area (Å²) in [6, 6.07) is 6.86. The van der Waals surface area contributed by atoms with E-state index in [0.717, 1.165) is 6.07 Å². The first-order valence-corrected chi connectivity index (χ1v) is 6.01. The van der Waals surface area contributed by atoms with Crippen molar-refractivity contribution in [1.29, 1.82) is 0 Å². The summed E-state index contributed by atoms with van der Waals surface area (Å²) in [5, 5.41) is 8.08. The van der Waals surface area contributed by atoms with Crippen molar-refractivity contribution in [1.82, 2.24) is 15.2 Å². The predicted octanol–water partition coefficient (Wildman–Crippen LogP) is 4.30. The number of benzene rings is 1. The summed E-state index contributed by atoms with van der Waals surface area (Å²) in [6.45, 7) is 0. The quantitative estimate of drug-likeness (QED) is 0.727. The third-order valence-corrected chi connectivity index (χ3v) is 3.11. The van der Waals surface area contributed by atoms with E-state index in [1.54, 1.807) is 6.07 Å². The van der Waals surface area contributed by atoms with Crippen LogP contribution in [0.2, 0.25) is 5.15 Å². The Balaban J connectivity index is 2.29. The van der Waals surface area contributed by atoms with E-state index in [4.69, 9.17) is 11.6 Å². The minimum absolute atomic E-state index is 0.0790. The van der Waals surface area contributed by atoms with Crippen molar-refractivity contribution >= 4 is 22.6 Å². The number of aromatic nitrogens is 3. The molecule has 7 heteroatoms. The minimum atomic E-state index is -4.43. The van der Waals surface area contributed by atoms with Gasteiger partial charge < -0.3 is 4.98 Å². The Hall–Kier alpha value is -2.08. The maximum Gasteiger partial charge on any atom is 0.417 e. The maximum atomic E-state index is 13.1. The van der Waals surface area contributed by atoms with E-state index in [1.165, 1.54) is 24.4 Å². The van der Waals surface area contributed by atoms with Crippen molar-refractivity contribution in [3.8, 4) is 11.1 Å². The normalized spacial score (nSPS) is 12.0. The first kappa shape index (κ1) is 12.9. The molecule has 3 nitrogen and oxygen atoms in total. The Morgan fingerprint density at radius 2 is 1.80 bits per heavy atom.